The van der Waals surface area contributed by atoms with Gasteiger partial charge in [-0.15, -0.1) is 0 Å². The van der Waals surface area contributed by atoms with E-state index in [2.05, 4.69) is 5.32 Å². The van der Waals surface area contributed by atoms with Gasteiger partial charge in [-0.2, -0.15) is 0 Å². The van der Waals surface area contributed by atoms with Crippen LogP contribution in [0.25, 0.3) is 0 Å². The molecule has 2 rings (SSSR count). The van der Waals surface area contributed by atoms with Crippen LogP contribution in [0.5, 0.6) is 0 Å². The average Bonchev–Trinajstić information content (AvgIpc) is 2.56. The van der Waals surface area contributed by atoms with Crippen LogP contribution in [0, 0.1) is 6.92 Å². The summed E-state index contributed by atoms with van der Waals surface area (Å²) in [5, 5.41) is 12.9. The molecule has 1 aromatic carbocycles. The molecule has 0 spiro atoms. The van der Waals surface area contributed by atoms with Gasteiger partial charge in [-0.05, 0) is 31.9 Å². The molecular weight excluding hydrogens is 226 g/mol. The normalized spacial score (nSPS) is 24.3. The first kappa shape index (κ1) is 13.1. The van der Waals surface area contributed by atoms with Crippen molar-refractivity contribution < 1.29 is 9.90 Å². The zero-order valence-electron chi connectivity index (χ0n) is 10.9. The van der Waals surface area contributed by atoms with E-state index in [9.17, 15) is 9.90 Å². The van der Waals surface area contributed by atoms with Gasteiger partial charge in [-0.3, -0.25) is 4.79 Å². The minimum Gasteiger partial charge on any atom is -0.391 e. The molecule has 0 heterocycles. The first-order valence-corrected chi connectivity index (χ1v) is 6.72. The summed E-state index contributed by atoms with van der Waals surface area (Å²) in [7, 11) is 0. The molecule has 2 atom stereocenters. The zero-order valence-corrected chi connectivity index (χ0v) is 10.9. The van der Waals surface area contributed by atoms with Gasteiger partial charge in [0, 0.05) is 5.56 Å². The Labute approximate surface area is 108 Å². The fourth-order valence-electron chi connectivity index (χ4n) is 2.41. The van der Waals surface area contributed by atoms with Crippen molar-refractivity contribution in [2.24, 2.45) is 0 Å². The van der Waals surface area contributed by atoms with Crippen molar-refractivity contribution in [2.45, 2.75) is 51.2 Å². The lowest BCUT2D eigenvalue weighted by Crippen LogP contribution is -2.42. The second-order valence-corrected chi connectivity index (χ2v) is 5.15. The lowest BCUT2D eigenvalue weighted by molar-refractivity contribution is 0.0819. The third-order valence-electron chi connectivity index (χ3n) is 3.61. The van der Waals surface area contributed by atoms with Crippen LogP contribution in [0.2, 0.25) is 0 Å². The molecule has 1 aliphatic carbocycles. The highest BCUT2D eigenvalue weighted by Crippen LogP contribution is 2.18. The molecule has 2 unspecified atom stereocenters. The summed E-state index contributed by atoms with van der Waals surface area (Å²) < 4.78 is 0. The SMILES string of the molecule is Cc1ccc(C(=O)NC2CCCCCC2O)cc1. The highest BCUT2D eigenvalue weighted by atomic mass is 16.3. The standard InChI is InChI=1S/C15H21NO2/c1-11-7-9-12(10-8-11)15(18)16-13-5-3-2-4-6-14(13)17/h7-10,13-14,17H,2-6H2,1H3,(H,16,18). The number of rotatable bonds is 2. The summed E-state index contributed by atoms with van der Waals surface area (Å²) in [6, 6.07) is 7.42. The van der Waals surface area contributed by atoms with E-state index < -0.39 is 6.10 Å². The smallest absolute Gasteiger partial charge is 0.251 e. The molecule has 1 aromatic rings. The lowest BCUT2D eigenvalue weighted by atomic mass is 10.1. The summed E-state index contributed by atoms with van der Waals surface area (Å²) in [4.78, 5) is 12.1. The maximum atomic E-state index is 12.1. The summed E-state index contributed by atoms with van der Waals surface area (Å²) >= 11 is 0. The van der Waals surface area contributed by atoms with E-state index >= 15 is 0 Å². The van der Waals surface area contributed by atoms with Crippen LogP contribution in [0.15, 0.2) is 24.3 Å². The van der Waals surface area contributed by atoms with Crippen molar-refractivity contribution in [3.05, 3.63) is 35.4 Å². The van der Waals surface area contributed by atoms with Gasteiger partial charge in [-0.1, -0.05) is 37.0 Å². The molecule has 1 fully saturated rings. The number of nitrogens with one attached hydrogen (secondary N) is 1. The molecule has 0 radical (unpaired) electrons. The first-order chi connectivity index (χ1) is 8.66. The fraction of sp³-hybridized carbons (Fsp3) is 0.533. The third-order valence-corrected chi connectivity index (χ3v) is 3.61. The fourth-order valence-corrected chi connectivity index (χ4v) is 2.41. The summed E-state index contributed by atoms with van der Waals surface area (Å²) in [6.07, 6.45) is 4.54. The van der Waals surface area contributed by atoms with Gasteiger partial charge in [-0.25, -0.2) is 0 Å². The molecule has 3 heteroatoms. The molecule has 98 valence electrons. The number of hydrogen-bond donors (Lipinski definition) is 2. The number of carbonyl (C=O) groups is 1. The summed E-state index contributed by atoms with van der Waals surface area (Å²) in [5.41, 5.74) is 1.80. The Morgan fingerprint density at radius 3 is 2.56 bits per heavy atom. The van der Waals surface area contributed by atoms with Gasteiger partial charge in [0.15, 0.2) is 0 Å². The maximum absolute atomic E-state index is 12.1. The van der Waals surface area contributed by atoms with E-state index in [0.29, 0.717) is 5.56 Å². The topological polar surface area (TPSA) is 49.3 Å². The van der Waals surface area contributed by atoms with E-state index in [0.717, 1.165) is 37.7 Å². The molecular formula is C15H21NO2. The number of hydrogen-bond acceptors (Lipinski definition) is 2. The molecule has 1 amide bonds. The average molecular weight is 247 g/mol. The van der Waals surface area contributed by atoms with E-state index in [1.165, 1.54) is 0 Å². The number of aliphatic hydroxyl groups excluding tert-OH is 1. The quantitative estimate of drug-likeness (QED) is 0.788. The highest BCUT2D eigenvalue weighted by Gasteiger charge is 2.23. The molecule has 0 bridgehead atoms. The number of aliphatic hydroxyl groups is 1. The van der Waals surface area contributed by atoms with Gasteiger partial charge in [0.05, 0.1) is 12.1 Å². The molecule has 0 aromatic heterocycles. The number of aryl methyl sites for hydroxylation is 1. The van der Waals surface area contributed by atoms with Crippen LogP contribution in [0.4, 0.5) is 0 Å². The molecule has 0 aliphatic heterocycles. The molecule has 18 heavy (non-hydrogen) atoms. The largest absolute Gasteiger partial charge is 0.391 e. The number of amides is 1. The zero-order chi connectivity index (χ0) is 13.0. The van der Waals surface area contributed by atoms with Gasteiger partial charge < -0.3 is 10.4 Å². The number of carbonyl (C=O) groups excluding carboxylic acids is 1. The predicted molar refractivity (Wildman–Crippen MR) is 71.5 cm³/mol. The number of benzene rings is 1. The maximum Gasteiger partial charge on any atom is 0.251 e. The van der Waals surface area contributed by atoms with Gasteiger partial charge in [0.1, 0.15) is 0 Å². The molecule has 1 aliphatic rings. The van der Waals surface area contributed by atoms with Crippen LogP contribution in [0.1, 0.15) is 48.0 Å². The lowest BCUT2D eigenvalue weighted by Gasteiger charge is -2.21. The van der Waals surface area contributed by atoms with E-state index in [1.54, 1.807) is 0 Å². The Morgan fingerprint density at radius 2 is 1.83 bits per heavy atom. The molecule has 1 saturated carbocycles. The van der Waals surface area contributed by atoms with Crippen LogP contribution in [-0.2, 0) is 0 Å². The van der Waals surface area contributed by atoms with E-state index in [-0.39, 0.29) is 11.9 Å². The summed E-state index contributed by atoms with van der Waals surface area (Å²) in [6.45, 7) is 2.00. The Kier molecular flexibility index (Phi) is 4.37. The Balaban J connectivity index is 1.99. The first-order valence-electron chi connectivity index (χ1n) is 6.72. The predicted octanol–water partition coefficient (Wildman–Crippen LogP) is 2.42. The Morgan fingerprint density at radius 1 is 1.17 bits per heavy atom. The van der Waals surface area contributed by atoms with Crippen LogP contribution in [-0.4, -0.2) is 23.2 Å². The van der Waals surface area contributed by atoms with Crippen molar-refractivity contribution in [3.63, 3.8) is 0 Å². The minimum absolute atomic E-state index is 0.0825. The van der Waals surface area contributed by atoms with Crippen LogP contribution in [0.3, 0.4) is 0 Å². The Hall–Kier alpha value is -1.35. The summed E-state index contributed by atoms with van der Waals surface area (Å²) in [5.74, 6) is -0.0825. The van der Waals surface area contributed by atoms with Crippen LogP contribution < -0.4 is 5.32 Å². The second-order valence-electron chi connectivity index (χ2n) is 5.15. The third kappa shape index (κ3) is 3.33. The van der Waals surface area contributed by atoms with Gasteiger partial charge in [0.2, 0.25) is 0 Å². The van der Waals surface area contributed by atoms with E-state index in [1.807, 2.05) is 31.2 Å². The Bertz CT molecular complexity index is 399. The van der Waals surface area contributed by atoms with Crippen LogP contribution >= 0.6 is 0 Å². The van der Waals surface area contributed by atoms with Gasteiger partial charge >= 0.3 is 0 Å². The van der Waals surface area contributed by atoms with Crippen molar-refractivity contribution >= 4 is 5.91 Å². The molecule has 3 nitrogen and oxygen atoms in total. The van der Waals surface area contributed by atoms with Crippen molar-refractivity contribution in [2.75, 3.05) is 0 Å². The minimum atomic E-state index is -0.401. The molecule has 0 saturated heterocycles. The molecule has 2 N–H and O–H groups in total. The van der Waals surface area contributed by atoms with Gasteiger partial charge in [0.25, 0.3) is 5.91 Å². The monoisotopic (exact) mass is 247 g/mol. The van der Waals surface area contributed by atoms with Crippen molar-refractivity contribution in [1.29, 1.82) is 0 Å². The second kappa shape index (κ2) is 6.01. The van der Waals surface area contributed by atoms with Crippen molar-refractivity contribution in [1.82, 2.24) is 5.32 Å². The van der Waals surface area contributed by atoms with E-state index in [4.69, 9.17) is 0 Å². The highest BCUT2D eigenvalue weighted by molar-refractivity contribution is 5.94. The van der Waals surface area contributed by atoms with Crippen molar-refractivity contribution in [3.8, 4) is 0 Å².